The van der Waals surface area contributed by atoms with Crippen LogP contribution in [0, 0.1) is 13.8 Å². The Kier molecular flexibility index (Phi) is 6.04. The normalized spacial score (nSPS) is 10.7. The maximum atomic E-state index is 12.6. The molecule has 0 unspecified atom stereocenters. The van der Waals surface area contributed by atoms with Crippen LogP contribution < -0.4 is 10.1 Å². The third-order valence-electron chi connectivity index (χ3n) is 4.14. The van der Waals surface area contributed by atoms with E-state index >= 15 is 0 Å². The van der Waals surface area contributed by atoms with E-state index in [2.05, 4.69) is 10.5 Å². The molecular weight excluding hydrogens is 387 g/mol. The van der Waals surface area contributed by atoms with E-state index < -0.39 is 0 Å². The molecule has 1 amide bonds. The van der Waals surface area contributed by atoms with Gasteiger partial charge in [0.25, 0.3) is 5.91 Å². The summed E-state index contributed by atoms with van der Waals surface area (Å²) < 4.78 is 11.0. The van der Waals surface area contributed by atoms with Crippen LogP contribution in [0.4, 0.5) is 0 Å². The van der Waals surface area contributed by atoms with Gasteiger partial charge in [0.05, 0.1) is 16.8 Å². The molecule has 0 aliphatic rings. The monoisotopic (exact) mass is 404 g/mol. The van der Waals surface area contributed by atoms with E-state index in [1.165, 1.54) is 0 Å². The number of carbonyl (C=O) groups excluding carboxylic acids is 1. The second-order valence-electron chi connectivity index (χ2n) is 6.01. The average molecular weight is 405 g/mol. The molecule has 0 saturated carbocycles. The van der Waals surface area contributed by atoms with E-state index in [1.807, 2.05) is 19.9 Å². The number of benzene rings is 2. The number of nitrogens with one attached hydrogen (secondary N) is 1. The third kappa shape index (κ3) is 4.62. The number of hydrogen-bond donors (Lipinski definition) is 1. The summed E-state index contributed by atoms with van der Waals surface area (Å²) in [4.78, 5) is 12.6. The molecule has 1 heterocycles. The van der Waals surface area contributed by atoms with Crippen molar-refractivity contribution in [3.63, 3.8) is 0 Å². The standard InChI is InChI=1S/C20H18Cl2N2O3/c1-12-17(13(2)27-24-12)11-26-19-6-4-3-5-16(19)20(25)23-10-14-7-8-15(21)9-18(14)22/h3-9H,10-11H2,1-2H3,(H,23,25). The molecule has 3 rings (SSSR count). The fourth-order valence-electron chi connectivity index (χ4n) is 2.57. The van der Waals surface area contributed by atoms with Gasteiger partial charge in [-0.1, -0.05) is 46.6 Å². The summed E-state index contributed by atoms with van der Waals surface area (Å²) in [6.45, 7) is 4.23. The number of nitrogens with zero attached hydrogens (tertiary/aromatic N) is 1. The zero-order valence-corrected chi connectivity index (χ0v) is 16.4. The van der Waals surface area contributed by atoms with E-state index in [1.54, 1.807) is 36.4 Å². The Hall–Kier alpha value is -2.50. The van der Waals surface area contributed by atoms with E-state index in [0.717, 1.165) is 16.8 Å². The zero-order valence-electron chi connectivity index (χ0n) is 14.9. The van der Waals surface area contributed by atoms with E-state index in [9.17, 15) is 4.79 Å². The molecule has 0 bridgehead atoms. The molecule has 0 fully saturated rings. The first-order valence-corrected chi connectivity index (χ1v) is 9.07. The molecule has 27 heavy (non-hydrogen) atoms. The van der Waals surface area contributed by atoms with Crippen molar-refractivity contribution in [2.45, 2.75) is 27.0 Å². The van der Waals surface area contributed by atoms with E-state index in [4.69, 9.17) is 32.5 Å². The number of aryl methyl sites for hydroxylation is 2. The number of para-hydroxylation sites is 1. The fourth-order valence-corrected chi connectivity index (χ4v) is 3.05. The third-order valence-corrected chi connectivity index (χ3v) is 4.73. The largest absolute Gasteiger partial charge is 0.488 e. The molecule has 0 aliphatic carbocycles. The Labute approximate surface area is 167 Å². The summed E-state index contributed by atoms with van der Waals surface area (Å²) in [5.74, 6) is 0.930. The molecule has 0 saturated heterocycles. The van der Waals surface area contributed by atoms with Crippen molar-refractivity contribution in [3.8, 4) is 5.75 Å². The number of hydrogen-bond acceptors (Lipinski definition) is 4. The summed E-state index contributed by atoms with van der Waals surface area (Å²) in [5.41, 5.74) is 2.86. The second-order valence-corrected chi connectivity index (χ2v) is 6.85. The van der Waals surface area contributed by atoms with Gasteiger partial charge in [0.2, 0.25) is 0 Å². The SMILES string of the molecule is Cc1noc(C)c1COc1ccccc1C(=O)NCc1ccc(Cl)cc1Cl. The molecule has 0 aliphatic heterocycles. The Balaban J connectivity index is 1.70. The van der Waals surface area contributed by atoms with Crippen molar-refractivity contribution in [2.75, 3.05) is 0 Å². The second kappa shape index (κ2) is 8.46. The van der Waals surface area contributed by atoms with Crippen LogP contribution in [-0.4, -0.2) is 11.1 Å². The number of carbonyl (C=O) groups is 1. The number of aromatic nitrogens is 1. The minimum atomic E-state index is -0.254. The van der Waals surface area contributed by atoms with Gasteiger partial charge in [-0.25, -0.2) is 0 Å². The smallest absolute Gasteiger partial charge is 0.255 e. The lowest BCUT2D eigenvalue weighted by Crippen LogP contribution is -2.23. The lowest BCUT2D eigenvalue weighted by Gasteiger charge is -2.12. The van der Waals surface area contributed by atoms with Crippen LogP contribution in [-0.2, 0) is 13.2 Å². The van der Waals surface area contributed by atoms with Gasteiger partial charge in [0.15, 0.2) is 0 Å². The van der Waals surface area contributed by atoms with Gasteiger partial charge in [0, 0.05) is 16.6 Å². The van der Waals surface area contributed by atoms with Crippen LogP contribution in [0.3, 0.4) is 0 Å². The molecular formula is C20H18Cl2N2O3. The van der Waals surface area contributed by atoms with E-state index in [-0.39, 0.29) is 19.1 Å². The van der Waals surface area contributed by atoms with Crippen LogP contribution in [0.2, 0.25) is 10.0 Å². The van der Waals surface area contributed by atoms with Crippen LogP contribution in [0.1, 0.15) is 32.9 Å². The summed E-state index contributed by atoms with van der Waals surface area (Å²) in [5, 5.41) is 7.82. The van der Waals surface area contributed by atoms with Gasteiger partial charge in [0.1, 0.15) is 18.1 Å². The molecule has 1 aromatic heterocycles. The lowest BCUT2D eigenvalue weighted by atomic mass is 10.1. The van der Waals surface area contributed by atoms with Crippen molar-refractivity contribution in [3.05, 3.63) is 80.7 Å². The highest BCUT2D eigenvalue weighted by molar-refractivity contribution is 6.35. The van der Waals surface area contributed by atoms with Crippen LogP contribution in [0.5, 0.6) is 5.75 Å². The Morgan fingerprint density at radius 2 is 1.96 bits per heavy atom. The van der Waals surface area contributed by atoms with Gasteiger partial charge in [-0.2, -0.15) is 0 Å². The van der Waals surface area contributed by atoms with Crippen molar-refractivity contribution in [2.24, 2.45) is 0 Å². The molecule has 5 nitrogen and oxygen atoms in total. The highest BCUT2D eigenvalue weighted by Gasteiger charge is 2.15. The predicted octanol–water partition coefficient (Wildman–Crippen LogP) is 5.11. The number of halogens is 2. The molecule has 2 aromatic carbocycles. The zero-order chi connectivity index (χ0) is 19.4. The van der Waals surface area contributed by atoms with Crippen LogP contribution in [0.15, 0.2) is 47.0 Å². The van der Waals surface area contributed by atoms with Gasteiger partial charge in [-0.15, -0.1) is 0 Å². The van der Waals surface area contributed by atoms with Crippen molar-refractivity contribution in [1.82, 2.24) is 10.5 Å². The Bertz CT molecular complexity index is 950. The maximum Gasteiger partial charge on any atom is 0.255 e. The summed E-state index contributed by atoms with van der Waals surface area (Å²) in [7, 11) is 0. The molecule has 0 atom stereocenters. The molecule has 0 spiro atoms. The topological polar surface area (TPSA) is 64.4 Å². The van der Waals surface area contributed by atoms with Crippen molar-refractivity contribution in [1.29, 1.82) is 0 Å². The summed E-state index contributed by atoms with van der Waals surface area (Å²) >= 11 is 12.0. The van der Waals surface area contributed by atoms with Crippen LogP contribution in [0.25, 0.3) is 0 Å². The van der Waals surface area contributed by atoms with Crippen LogP contribution >= 0.6 is 23.2 Å². The Morgan fingerprint density at radius 1 is 1.19 bits per heavy atom. The number of amides is 1. The first-order chi connectivity index (χ1) is 13.0. The average Bonchev–Trinajstić information content (AvgIpc) is 2.97. The van der Waals surface area contributed by atoms with Gasteiger partial charge < -0.3 is 14.6 Å². The van der Waals surface area contributed by atoms with Crippen molar-refractivity contribution >= 4 is 29.1 Å². The van der Waals surface area contributed by atoms with Gasteiger partial charge in [-0.3, -0.25) is 4.79 Å². The molecule has 7 heteroatoms. The molecule has 1 N–H and O–H groups in total. The quantitative estimate of drug-likeness (QED) is 0.619. The predicted molar refractivity (Wildman–Crippen MR) is 104 cm³/mol. The molecule has 3 aromatic rings. The fraction of sp³-hybridized carbons (Fsp3) is 0.200. The van der Waals surface area contributed by atoms with Gasteiger partial charge in [-0.05, 0) is 43.7 Å². The number of ether oxygens (including phenoxy) is 1. The molecule has 0 radical (unpaired) electrons. The van der Waals surface area contributed by atoms with Gasteiger partial charge >= 0.3 is 0 Å². The van der Waals surface area contributed by atoms with E-state index in [0.29, 0.717) is 27.1 Å². The molecule has 140 valence electrons. The lowest BCUT2D eigenvalue weighted by molar-refractivity contribution is 0.0946. The van der Waals surface area contributed by atoms with Crippen molar-refractivity contribution < 1.29 is 14.1 Å². The Morgan fingerprint density at radius 3 is 2.67 bits per heavy atom. The number of rotatable bonds is 6. The highest BCUT2D eigenvalue weighted by Crippen LogP contribution is 2.23. The minimum Gasteiger partial charge on any atom is -0.488 e. The first-order valence-electron chi connectivity index (χ1n) is 8.31. The highest BCUT2D eigenvalue weighted by atomic mass is 35.5. The first kappa shape index (κ1) is 19.3. The minimum absolute atomic E-state index is 0.254. The summed E-state index contributed by atoms with van der Waals surface area (Å²) in [6, 6.07) is 12.2. The maximum absolute atomic E-state index is 12.6. The summed E-state index contributed by atoms with van der Waals surface area (Å²) in [6.07, 6.45) is 0.